The van der Waals surface area contributed by atoms with Crippen molar-refractivity contribution in [2.45, 2.75) is 38.1 Å². The molecule has 1 saturated heterocycles. The first-order valence-electron chi connectivity index (χ1n) is 11.6. The van der Waals surface area contributed by atoms with E-state index in [2.05, 4.69) is 46.1 Å². The summed E-state index contributed by atoms with van der Waals surface area (Å²) in [6.45, 7) is 6.61. The molecule has 6 nitrogen and oxygen atoms in total. The topological polar surface area (TPSA) is 78.5 Å². The Bertz CT molecular complexity index is 1230. The minimum atomic E-state index is -3.70. The van der Waals surface area contributed by atoms with Crippen molar-refractivity contribution < 1.29 is 13.2 Å². The van der Waals surface area contributed by atoms with Crippen molar-refractivity contribution in [2.75, 3.05) is 23.1 Å². The number of para-hydroxylation sites is 1. The first kappa shape index (κ1) is 24.0. The summed E-state index contributed by atoms with van der Waals surface area (Å²) in [5, 5.41) is 2.95. The number of rotatable bonds is 7. The van der Waals surface area contributed by atoms with Gasteiger partial charge >= 0.3 is 0 Å². The summed E-state index contributed by atoms with van der Waals surface area (Å²) in [5.74, 6) is -0.0518. The molecule has 0 bridgehead atoms. The van der Waals surface area contributed by atoms with Crippen LogP contribution in [0.2, 0.25) is 0 Å². The zero-order chi connectivity index (χ0) is 24.1. The van der Waals surface area contributed by atoms with Crippen molar-refractivity contribution >= 4 is 27.3 Å². The van der Waals surface area contributed by atoms with Gasteiger partial charge in [0.25, 0.3) is 10.0 Å². The van der Waals surface area contributed by atoms with Gasteiger partial charge in [-0.15, -0.1) is 0 Å². The zero-order valence-corrected chi connectivity index (χ0v) is 20.4. The number of hydrogen-bond acceptors (Lipinski definition) is 4. The van der Waals surface area contributed by atoms with Crippen LogP contribution in [0.4, 0.5) is 11.4 Å². The van der Waals surface area contributed by atoms with Crippen molar-refractivity contribution in [3.63, 3.8) is 0 Å². The van der Waals surface area contributed by atoms with E-state index >= 15 is 0 Å². The first-order chi connectivity index (χ1) is 16.3. The van der Waals surface area contributed by atoms with Crippen LogP contribution in [0.25, 0.3) is 0 Å². The van der Waals surface area contributed by atoms with Gasteiger partial charge in [-0.2, -0.15) is 0 Å². The molecule has 0 atom stereocenters. The molecule has 7 heteroatoms. The molecule has 1 aliphatic rings. The molecule has 2 N–H and O–H groups in total. The molecule has 4 rings (SSSR count). The number of carbonyl (C=O) groups excluding carboxylic acids is 1. The molecular formula is C27H31N3O3S. The third-order valence-corrected chi connectivity index (χ3v) is 7.69. The van der Waals surface area contributed by atoms with Crippen molar-refractivity contribution in [3.05, 3.63) is 89.5 Å². The second-order valence-electron chi connectivity index (χ2n) is 8.97. The van der Waals surface area contributed by atoms with Crippen molar-refractivity contribution in [1.82, 2.24) is 4.90 Å². The molecule has 0 aromatic heterocycles. The predicted molar refractivity (Wildman–Crippen MR) is 136 cm³/mol. The lowest BCUT2D eigenvalue weighted by molar-refractivity contribution is -0.121. The summed E-state index contributed by atoms with van der Waals surface area (Å²) in [4.78, 5) is 15.3. The Morgan fingerprint density at radius 2 is 1.56 bits per heavy atom. The lowest BCUT2D eigenvalue weighted by Gasteiger charge is -2.31. The van der Waals surface area contributed by atoms with Gasteiger partial charge in [0.2, 0.25) is 5.91 Å². The Morgan fingerprint density at radius 3 is 2.21 bits per heavy atom. The second-order valence-corrected chi connectivity index (χ2v) is 10.7. The highest BCUT2D eigenvalue weighted by Crippen LogP contribution is 2.23. The van der Waals surface area contributed by atoms with E-state index in [1.54, 1.807) is 24.3 Å². The van der Waals surface area contributed by atoms with Gasteiger partial charge in [-0.1, -0.05) is 48.0 Å². The number of piperidine rings is 1. The van der Waals surface area contributed by atoms with Gasteiger partial charge in [0.1, 0.15) is 0 Å². The summed E-state index contributed by atoms with van der Waals surface area (Å²) in [7, 11) is -3.70. The predicted octanol–water partition coefficient (Wildman–Crippen LogP) is 4.95. The zero-order valence-electron chi connectivity index (χ0n) is 19.6. The standard InChI is InChI=1S/C27H31N3O3S/c1-20-7-9-22(10-8-20)19-30-17-15-23(16-18-30)27(31)28-24-11-13-25(14-12-24)34(32,33)29-26-6-4-3-5-21(26)2/h3-14,23,29H,15-19H2,1-2H3,(H,28,31). The number of nitrogens with zero attached hydrogens (tertiary/aromatic N) is 1. The van der Waals surface area contributed by atoms with Gasteiger partial charge in [-0.25, -0.2) is 8.42 Å². The number of benzene rings is 3. The van der Waals surface area contributed by atoms with Crippen LogP contribution in [0.15, 0.2) is 77.7 Å². The number of amides is 1. The summed E-state index contributed by atoms with van der Waals surface area (Å²) in [6, 6.07) is 22.1. The second kappa shape index (κ2) is 10.4. The number of carbonyl (C=O) groups is 1. The quantitative estimate of drug-likeness (QED) is 0.504. The summed E-state index contributed by atoms with van der Waals surface area (Å²) < 4.78 is 28.0. The normalized spacial score (nSPS) is 15.1. The summed E-state index contributed by atoms with van der Waals surface area (Å²) in [5.41, 5.74) is 4.54. The lowest BCUT2D eigenvalue weighted by atomic mass is 9.95. The van der Waals surface area contributed by atoms with Gasteiger partial charge in [0, 0.05) is 18.2 Å². The average molecular weight is 478 g/mol. The minimum absolute atomic E-state index is 0.0105. The third kappa shape index (κ3) is 6.04. The molecule has 3 aromatic carbocycles. The van der Waals surface area contributed by atoms with E-state index < -0.39 is 10.0 Å². The fraction of sp³-hybridized carbons (Fsp3) is 0.296. The maximum absolute atomic E-state index is 12.8. The van der Waals surface area contributed by atoms with Gasteiger partial charge < -0.3 is 5.32 Å². The fourth-order valence-corrected chi connectivity index (χ4v) is 5.29. The highest BCUT2D eigenvalue weighted by Gasteiger charge is 2.25. The molecule has 0 saturated carbocycles. The molecule has 1 fully saturated rings. The highest BCUT2D eigenvalue weighted by atomic mass is 32.2. The number of hydrogen-bond donors (Lipinski definition) is 2. The van der Waals surface area contributed by atoms with E-state index in [0.717, 1.165) is 38.0 Å². The van der Waals surface area contributed by atoms with Crippen LogP contribution in [-0.4, -0.2) is 32.3 Å². The van der Waals surface area contributed by atoms with Crippen LogP contribution >= 0.6 is 0 Å². The SMILES string of the molecule is Cc1ccc(CN2CCC(C(=O)Nc3ccc(S(=O)(=O)Nc4ccccc4C)cc3)CC2)cc1. The molecule has 0 aliphatic carbocycles. The van der Waals surface area contributed by atoms with Crippen molar-refractivity contribution in [1.29, 1.82) is 0 Å². The highest BCUT2D eigenvalue weighted by molar-refractivity contribution is 7.92. The lowest BCUT2D eigenvalue weighted by Crippen LogP contribution is -2.37. The molecule has 34 heavy (non-hydrogen) atoms. The largest absolute Gasteiger partial charge is 0.326 e. The molecule has 3 aromatic rings. The van der Waals surface area contributed by atoms with Crippen LogP contribution in [-0.2, 0) is 21.4 Å². The number of anilines is 2. The summed E-state index contributed by atoms with van der Waals surface area (Å²) in [6.07, 6.45) is 1.62. The summed E-state index contributed by atoms with van der Waals surface area (Å²) >= 11 is 0. The molecule has 1 heterocycles. The molecular weight excluding hydrogens is 446 g/mol. The van der Waals surface area contributed by atoms with E-state index in [4.69, 9.17) is 0 Å². The van der Waals surface area contributed by atoms with E-state index in [0.29, 0.717) is 11.4 Å². The maximum atomic E-state index is 12.8. The van der Waals surface area contributed by atoms with Crippen LogP contribution in [0, 0.1) is 19.8 Å². The van der Waals surface area contributed by atoms with Crippen molar-refractivity contribution in [3.8, 4) is 0 Å². The van der Waals surface area contributed by atoms with Gasteiger partial charge in [-0.3, -0.25) is 14.4 Å². The molecule has 0 unspecified atom stereocenters. The number of aryl methyl sites for hydroxylation is 2. The fourth-order valence-electron chi connectivity index (χ4n) is 4.16. The van der Waals surface area contributed by atoms with Crippen LogP contribution in [0.5, 0.6) is 0 Å². The maximum Gasteiger partial charge on any atom is 0.261 e. The average Bonchev–Trinajstić information content (AvgIpc) is 2.83. The van der Waals surface area contributed by atoms with Gasteiger partial charge in [-0.05, 0) is 81.2 Å². The smallest absolute Gasteiger partial charge is 0.261 e. The van der Waals surface area contributed by atoms with Crippen LogP contribution < -0.4 is 10.0 Å². The molecule has 178 valence electrons. The minimum Gasteiger partial charge on any atom is -0.326 e. The Labute approximate surface area is 202 Å². The monoisotopic (exact) mass is 477 g/mol. The van der Waals surface area contributed by atoms with E-state index in [1.165, 1.54) is 23.3 Å². The molecule has 0 radical (unpaired) electrons. The molecule has 1 amide bonds. The number of sulfonamides is 1. The van der Waals surface area contributed by atoms with Gasteiger partial charge in [0.05, 0.1) is 10.6 Å². The Balaban J connectivity index is 1.30. The van der Waals surface area contributed by atoms with Gasteiger partial charge in [0.15, 0.2) is 0 Å². The first-order valence-corrected chi connectivity index (χ1v) is 13.1. The third-order valence-electron chi connectivity index (χ3n) is 6.31. The van der Waals surface area contributed by atoms with E-state index in [1.807, 2.05) is 19.1 Å². The Kier molecular flexibility index (Phi) is 7.34. The molecule has 0 spiro atoms. The number of likely N-dealkylation sites (tertiary alicyclic amines) is 1. The van der Waals surface area contributed by atoms with Crippen molar-refractivity contribution in [2.24, 2.45) is 5.92 Å². The Morgan fingerprint density at radius 1 is 0.912 bits per heavy atom. The van der Waals surface area contributed by atoms with Crippen LogP contribution in [0.3, 0.4) is 0 Å². The molecule has 1 aliphatic heterocycles. The Hall–Kier alpha value is -3.16. The van der Waals surface area contributed by atoms with Crippen LogP contribution in [0.1, 0.15) is 29.5 Å². The van der Waals surface area contributed by atoms with E-state index in [-0.39, 0.29) is 16.7 Å². The van der Waals surface area contributed by atoms with E-state index in [9.17, 15) is 13.2 Å². The number of nitrogens with one attached hydrogen (secondary N) is 2.